The van der Waals surface area contributed by atoms with Crippen LogP contribution in [0.2, 0.25) is 0 Å². The van der Waals surface area contributed by atoms with E-state index in [2.05, 4.69) is 18.2 Å². The number of alkyl halides is 3. The average molecular weight is 780 g/mol. The molecule has 282 valence electrons. The molecule has 0 aliphatic heterocycles. The molecule has 8 aromatic carbocycles. The zero-order valence-corrected chi connectivity index (χ0v) is 31.5. The lowest BCUT2D eigenvalue weighted by Gasteiger charge is -2.22. The third-order valence-electron chi connectivity index (χ3n) is 11.3. The van der Waals surface area contributed by atoms with Crippen molar-refractivity contribution in [2.45, 2.75) is 6.18 Å². The van der Waals surface area contributed by atoms with E-state index in [1.807, 2.05) is 120 Å². The number of nitriles is 3. The highest BCUT2D eigenvalue weighted by Crippen LogP contribution is 2.46. The molecule has 0 unspecified atom stereocenters. The van der Waals surface area contributed by atoms with E-state index in [1.54, 1.807) is 47.0 Å². The lowest BCUT2D eigenvalue weighted by atomic mass is 9.95. The molecule has 2 aromatic heterocycles. The number of hydrogen-bond acceptors (Lipinski definition) is 3. The van der Waals surface area contributed by atoms with Crippen LogP contribution in [0, 0.1) is 34.0 Å². The lowest BCUT2D eigenvalue weighted by molar-refractivity contribution is -0.137. The molecule has 0 aliphatic rings. The van der Waals surface area contributed by atoms with E-state index >= 15 is 13.2 Å². The van der Waals surface area contributed by atoms with Gasteiger partial charge in [-0.15, -0.1) is 0 Å². The van der Waals surface area contributed by atoms with Crippen molar-refractivity contribution in [3.05, 3.63) is 192 Å². The average Bonchev–Trinajstić information content (AvgIpc) is 3.80. The summed E-state index contributed by atoms with van der Waals surface area (Å²) in [6.45, 7) is 0. The second-order valence-electron chi connectivity index (χ2n) is 14.5. The molecule has 0 atom stereocenters. The largest absolute Gasteiger partial charge is 0.418 e. The van der Waals surface area contributed by atoms with E-state index < -0.39 is 11.7 Å². The van der Waals surface area contributed by atoms with Gasteiger partial charge < -0.3 is 9.13 Å². The van der Waals surface area contributed by atoms with Crippen LogP contribution >= 0.6 is 0 Å². The van der Waals surface area contributed by atoms with Crippen molar-refractivity contribution in [3.8, 4) is 63.0 Å². The predicted molar refractivity (Wildman–Crippen MR) is 231 cm³/mol. The van der Waals surface area contributed by atoms with Crippen LogP contribution in [0.25, 0.3) is 88.4 Å². The summed E-state index contributed by atoms with van der Waals surface area (Å²) in [4.78, 5) is 0. The summed E-state index contributed by atoms with van der Waals surface area (Å²) >= 11 is 0. The predicted octanol–water partition coefficient (Wildman–Crippen LogP) is 13.5. The number of aromatic nitrogens is 2. The highest BCUT2D eigenvalue weighted by atomic mass is 19.4. The first-order chi connectivity index (χ1) is 29.3. The molecule has 10 rings (SSSR count). The molecule has 0 saturated carbocycles. The van der Waals surface area contributed by atoms with Gasteiger partial charge in [0.25, 0.3) is 0 Å². The standard InChI is InChI=1S/C52H28F3N5/c53-52(54,55)45-17-9-16-41(51(45)60-47-19-8-6-15-40(47)44-28-34(22-25-50(44)60)38-13-4-2-11-36(38)31-58)42-26-32(29-56)20-23-48(42)59-46-18-7-5-14-39(46)43-27-33(21-24-49(43)59)37-12-3-1-10-35(37)30-57/h1-28H. The van der Waals surface area contributed by atoms with Gasteiger partial charge in [-0.2, -0.15) is 29.0 Å². The quantitative estimate of drug-likeness (QED) is 0.174. The Morgan fingerprint density at radius 3 is 1.47 bits per heavy atom. The topological polar surface area (TPSA) is 81.2 Å². The van der Waals surface area contributed by atoms with E-state index in [-0.39, 0.29) is 16.8 Å². The minimum absolute atomic E-state index is 0.0751. The van der Waals surface area contributed by atoms with Crippen LogP contribution in [0.5, 0.6) is 0 Å². The Morgan fingerprint density at radius 1 is 0.400 bits per heavy atom. The summed E-state index contributed by atoms with van der Waals surface area (Å²) in [5.41, 5.74) is 7.58. The van der Waals surface area contributed by atoms with Crippen molar-refractivity contribution in [3.63, 3.8) is 0 Å². The Morgan fingerprint density at radius 2 is 0.900 bits per heavy atom. The summed E-state index contributed by atoms with van der Waals surface area (Å²) in [5, 5.41) is 33.3. The maximum atomic E-state index is 15.6. The summed E-state index contributed by atoms with van der Waals surface area (Å²) in [7, 11) is 0. The molecule has 0 bridgehead atoms. The van der Waals surface area contributed by atoms with E-state index in [0.717, 1.165) is 60.9 Å². The number of rotatable bonds is 5. The molecular formula is C52H28F3N5. The lowest BCUT2D eigenvalue weighted by Crippen LogP contribution is -2.12. The molecule has 0 N–H and O–H groups in total. The molecule has 60 heavy (non-hydrogen) atoms. The number of para-hydroxylation sites is 3. The molecule has 10 aromatic rings. The zero-order chi connectivity index (χ0) is 41.1. The smallest absolute Gasteiger partial charge is 0.309 e. The second kappa shape index (κ2) is 13.9. The fourth-order valence-electron chi connectivity index (χ4n) is 8.69. The van der Waals surface area contributed by atoms with E-state index in [4.69, 9.17) is 0 Å². The van der Waals surface area contributed by atoms with Gasteiger partial charge in [-0.1, -0.05) is 97.1 Å². The van der Waals surface area contributed by atoms with Gasteiger partial charge >= 0.3 is 6.18 Å². The van der Waals surface area contributed by atoms with Crippen molar-refractivity contribution < 1.29 is 13.2 Å². The minimum Gasteiger partial charge on any atom is -0.309 e. The van der Waals surface area contributed by atoms with Gasteiger partial charge in [-0.3, -0.25) is 0 Å². The molecule has 0 fully saturated rings. The molecule has 2 heterocycles. The number of nitrogens with zero attached hydrogens (tertiary/aromatic N) is 5. The van der Waals surface area contributed by atoms with Crippen LogP contribution < -0.4 is 0 Å². The van der Waals surface area contributed by atoms with Gasteiger partial charge in [0.15, 0.2) is 0 Å². The number of hydrogen-bond donors (Lipinski definition) is 0. The first-order valence-electron chi connectivity index (χ1n) is 19.1. The monoisotopic (exact) mass is 779 g/mol. The molecular weight excluding hydrogens is 752 g/mol. The molecule has 0 radical (unpaired) electrons. The van der Waals surface area contributed by atoms with E-state index in [9.17, 15) is 15.8 Å². The Bertz CT molecular complexity index is 3530. The Balaban J connectivity index is 1.28. The van der Waals surface area contributed by atoms with Crippen molar-refractivity contribution in [1.82, 2.24) is 9.13 Å². The number of halogens is 3. The van der Waals surface area contributed by atoms with Crippen molar-refractivity contribution in [2.24, 2.45) is 0 Å². The first kappa shape index (κ1) is 36.0. The third-order valence-corrected chi connectivity index (χ3v) is 11.3. The second-order valence-corrected chi connectivity index (χ2v) is 14.5. The summed E-state index contributed by atoms with van der Waals surface area (Å²) < 4.78 is 50.4. The normalized spacial score (nSPS) is 11.5. The Labute approximate surface area is 341 Å². The summed E-state index contributed by atoms with van der Waals surface area (Å²) in [5.74, 6) is 0. The SMILES string of the molecule is N#Cc1ccc(-n2c3ccccc3c3cc(-c4ccccc4C#N)ccc32)c(-c2cccc(C(F)(F)F)c2-n2c3ccccc3c3cc(-c4ccccc4C#N)ccc32)c1. The van der Waals surface area contributed by atoms with E-state index in [0.29, 0.717) is 33.4 Å². The van der Waals surface area contributed by atoms with Gasteiger partial charge in [-0.25, -0.2) is 0 Å². The van der Waals surface area contributed by atoms with Gasteiger partial charge in [0.2, 0.25) is 0 Å². The first-order valence-corrected chi connectivity index (χ1v) is 19.1. The highest BCUT2D eigenvalue weighted by molar-refractivity contribution is 6.13. The van der Waals surface area contributed by atoms with Crippen LogP contribution in [-0.4, -0.2) is 9.13 Å². The van der Waals surface area contributed by atoms with Crippen LogP contribution in [0.15, 0.2) is 170 Å². The fraction of sp³-hybridized carbons (Fsp3) is 0.0192. The molecule has 8 heteroatoms. The number of benzene rings is 8. The van der Waals surface area contributed by atoms with Crippen molar-refractivity contribution in [2.75, 3.05) is 0 Å². The molecule has 0 amide bonds. The Hall–Kier alpha value is -8.38. The van der Waals surface area contributed by atoms with E-state index in [1.165, 1.54) is 6.07 Å². The van der Waals surface area contributed by atoms with Gasteiger partial charge in [0.05, 0.1) is 73.9 Å². The molecule has 0 saturated heterocycles. The summed E-state index contributed by atoms with van der Waals surface area (Å²) in [6.07, 6.45) is -4.76. The van der Waals surface area contributed by atoms with Gasteiger partial charge in [0, 0.05) is 32.7 Å². The van der Waals surface area contributed by atoms with Crippen LogP contribution in [0.3, 0.4) is 0 Å². The maximum Gasteiger partial charge on any atom is 0.418 e. The zero-order valence-electron chi connectivity index (χ0n) is 31.5. The molecule has 0 spiro atoms. The maximum absolute atomic E-state index is 15.6. The third kappa shape index (κ3) is 5.61. The minimum atomic E-state index is -4.76. The summed E-state index contributed by atoms with van der Waals surface area (Å²) in [6, 6.07) is 57.6. The molecule has 0 aliphatic carbocycles. The van der Waals surface area contributed by atoms with Gasteiger partial charge in [0.1, 0.15) is 0 Å². The van der Waals surface area contributed by atoms with Crippen LogP contribution in [-0.2, 0) is 6.18 Å². The van der Waals surface area contributed by atoms with Crippen LogP contribution in [0.1, 0.15) is 22.3 Å². The van der Waals surface area contributed by atoms with Crippen molar-refractivity contribution >= 4 is 43.6 Å². The fourth-order valence-corrected chi connectivity index (χ4v) is 8.69. The Kier molecular flexibility index (Phi) is 8.35. The van der Waals surface area contributed by atoms with Gasteiger partial charge in [-0.05, 0) is 95.1 Å². The van der Waals surface area contributed by atoms with Crippen molar-refractivity contribution in [1.29, 1.82) is 15.8 Å². The van der Waals surface area contributed by atoms with Crippen LogP contribution in [0.4, 0.5) is 13.2 Å². The number of fused-ring (bicyclic) bond motifs is 6. The molecule has 5 nitrogen and oxygen atoms in total. The highest BCUT2D eigenvalue weighted by Gasteiger charge is 2.36.